The van der Waals surface area contributed by atoms with Crippen LogP contribution in [0.1, 0.15) is 11.1 Å². The largest absolute Gasteiger partial charge is 0.309 e. The van der Waals surface area contributed by atoms with Gasteiger partial charge in [-0.25, -0.2) is 0 Å². The van der Waals surface area contributed by atoms with E-state index in [9.17, 15) is 0 Å². The molecular weight excluding hydrogens is 518 g/mol. The first-order valence-electron chi connectivity index (χ1n) is 15.0. The standard InChI is InChI=1S/C42H29N/c1-26-7-10-28(11-8-26)33-21-14-30-17-24-38-34(22-15-31-16-23-37(33)41(30)42(31)38)29-12-18-32(19-13-29)43-39-6-4-3-5-35(39)36-20-9-27(2)25-40(36)43/h3-25H,1-2H3. The summed E-state index contributed by atoms with van der Waals surface area (Å²) in [6.45, 7) is 4.31. The molecule has 9 aromatic rings. The van der Waals surface area contributed by atoms with Crippen molar-refractivity contribution in [3.8, 4) is 27.9 Å². The minimum Gasteiger partial charge on any atom is -0.309 e. The van der Waals surface area contributed by atoms with Crippen molar-refractivity contribution < 1.29 is 0 Å². The van der Waals surface area contributed by atoms with Crippen molar-refractivity contribution in [1.82, 2.24) is 4.57 Å². The third-order valence-electron chi connectivity index (χ3n) is 9.29. The van der Waals surface area contributed by atoms with E-state index in [1.54, 1.807) is 0 Å². The van der Waals surface area contributed by atoms with Gasteiger partial charge in [0.15, 0.2) is 0 Å². The fourth-order valence-electron chi connectivity index (χ4n) is 7.19. The average Bonchev–Trinajstić information content (AvgIpc) is 3.37. The van der Waals surface area contributed by atoms with E-state index in [0.717, 1.165) is 0 Å². The highest BCUT2D eigenvalue weighted by Crippen LogP contribution is 2.42. The van der Waals surface area contributed by atoms with Crippen LogP contribution in [0.5, 0.6) is 0 Å². The van der Waals surface area contributed by atoms with Crippen molar-refractivity contribution in [3.63, 3.8) is 0 Å². The molecule has 0 aliphatic heterocycles. The molecule has 9 rings (SSSR count). The second kappa shape index (κ2) is 9.05. The van der Waals surface area contributed by atoms with Crippen LogP contribution in [0.25, 0.3) is 82.1 Å². The maximum atomic E-state index is 2.40. The van der Waals surface area contributed by atoms with Gasteiger partial charge in [0.2, 0.25) is 0 Å². The molecule has 202 valence electrons. The number of nitrogens with zero attached hydrogens (tertiary/aromatic N) is 1. The highest BCUT2D eigenvalue weighted by atomic mass is 15.0. The molecule has 0 saturated heterocycles. The SMILES string of the molecule is Cc1ccc(-c2ccc3ccc4c(-c5ccc(-n6c7ccccc7c7ccc(C)cc76)cc5)ccc5ccc2c3c54)cc1. The summed E-state index contributed by atoms with van der Waals surface area (Å²) >= 11 is 0. The van der Waals surface area contributed by atoms with E-state index in [0.29, 0.717) is 0 Å². The monoisotopic (exact) mass is 547 g/mol. The molecule has 0 radical (unpaired) electrons. The molecule has 0 fully saturated rings. The lowest BCUT2D eigenvalue weighted by atomic mass is 9.87. The van der Waals surface area contributed by atoms with Crippen LogP contribution in [0.2, 0.25) is 0 Å². The van der Waals surface area contributed by atoms with E-state index < -0.39 is 0 Å². The van der Waals surface area contributed by atoms with Crippen molar-refractivity contribution in [3.05, 3.63) is 151 Å². The van der Waals surface area contributed by atoms with Gasteiger partial charge >= 0.3 is 0 Å². The average molecular weight is 548 g/mol. The van der Waals surface area contributed by atoms with Gasteiger partial charge in [0.25, 0.3) is 0 Å². The summed E-state index contributed by atoms with van der Waals surface area (Å²) in [5.74, 6) is 0. The predicted octanol–water partition coefficient (Wildman–Crippen LogP) is 11.6. The Morgan fingerprint density at radius 2 is 0.907 bits per heavy atom. The second-order valence-electron chi connectivity index (χ2n) is 11.9. The second-order valence-corrected chi connectivity index (χ2v) is 11.9. The lowest BCUT2D eigenvalue weighted by molar-refractivity contribution is 1.18. The van der Waals surface area contributed by atoms with Gasteiger partial charge in [-0.2, -0.15) is 0 Å². The van der Waals surface area contributed by atoms with Crippen molar-refractivity contribution in [1.29, 1.82) is 0 Å². The summed E-state index contributed by atoms with van der Waals surface area (Å²) in [5.41, 5.74) is 11.3. The molecule has 0 unspecified atom stereocenters. The highest BCUT2D eigenvalue weighted by Gasteiger charge is 2.16. The summed E-state index contributed by atoms with van der Waals surface area (Å²) in [7, 11) is 0. The smallest absolute Gasteiger partial charge is 0.0543 e. The van der Waals surface area contributed by atoms with Crippen LogP contribution >= 0.6 is 0 Å². The lowest BCUT2D eigenvalue weighted by Gasteiger charge is -2.17. The van der Waals surface area contributed by atoms with Gasteiger partial charge in [0.1, 0.15) is 0 Å². The normalized spacial score (nSPS) is 12.0. The quantitative estimate of drug-likeness (QED) is 0.194. The van der Waals surface area contributed by atoms with Crippen molar-refractivity contribution >= 4 is 54.1 Å². The molecule has 0 saturated carbocycles. The third-order valence-corrected chi connectivity index (χ3v) is 9.29. The van der Waals surface area contributed by atoms with Crippen LogP contribution in [-0.4, -0.2) is 4.57 Å². The number of aromatic nitrogens is 1. The number of hydrogen-bond acceptors (Lipinski definition) is 0. The van der Waals surface area contributed by atoms with E-state index >= 15 is 0 Å². The molecule has 0 bridgehead atoms. The maximum absolute atomic E-state index is 2.40. The third kappa shape index (κ3) is 3.58. The molecule has 0 atom stereocenters. The summed E-state index contributed by atoms with van der Waals surface area (Å²) in [5, 5.41) is 10.5. The van der Waals surface area contributed by atoms with Crippen molar-refractivity contribution in [2.24, 2.45) is 0 Å². The molecule has 0 aliphatic carbocycles. The number of hydrogen-bond donors (Lipinski definition) is 0. The van der Waals surface area contributed by atoms with Crippen LogP contribution in [-0.2, 0) is 0 Å². The first-order valence-corrected chi connectivity index (χ1v) is 15.0. The van der Waals surface area contributed by atoms with E-state index in [-0.39, 0.29) is 0 Å². The van der Waals surface area contributed by atoms with Crippen LogP contribution < -0.4 is 0 Å². The zero-order valence-corrected chi connectivity index (χ0v) is 24.2. The summed E-state index contributed by atoms with van der Waals surface area (Å²) in [6.07, 6.45) is 0. The zero-order chi connectivity index (χ0) is 28.7. The first kappa shape index (κ1) is 24.2. The van der Waals surface area contributed by atoms with Gasteiger partial charge in [-0.05, 0) is 98.2 Å². The van der Waals surface area contributed by atoms with Gasteiger partial charge in [-0.3, -0.25) is 0 Å². The van der Waals surface area contributed by atoms with E-state index in [4.69, 9.17) is 0 Å². The topological polar surface area (TPSA) is 4.93 Å². The van der Waals surface area contributed by atoms with Gasteiger partial charge < -0.3 is 4.57 Å². The minimum absolute atomic E-state index is 1.18. The molecule has 0 N–H and O–H groups in total. The molecule has 0 aliphatic rings. The van der Waals surface area contributed by atoms with Gasteiger partial charge in [0.05, 0.1) is 11.0 Å². The highest BCUT2D eigenvalue weighted by molar-refractivity contribution is 6.27. The van der Waals surface area contributed by atoms with Crippen LogP contribution in [0, 0.1) is 13.8 Å². The fraction of sp³-hybridized carbons (Fsp3) is 0.0476. The Labute approximate surface area is 250 Å². The first-order chi connectivity index (χ1) is 21.1. The fourth-order valence-corrected chi connectivity index (χ4v) is 7.19. The Balaban J connectivity index is 1.23. The zero-order valence-electron chi connectivity index (χ0n) is 24.2. The van der Waals surface area contributed by atoms with E-state index in [1.165, 1.54) is 93.2 Å². The Hall–Kier alpha value is -5.40. The Kier molecular flexibility index (Phi) is 5.10. The van der Waals surface area contributed by atoms with Gasteiger partial charge in [0, 0.05) is 16.5 Å². The van der Waals surface area contributed by atoms with Crippen LogP contribution in [0.3, 0.4) is 0 Å². The molecule has 43 heavy (non-hydrogen) atoms. The molecule has 1 nitrogen and oxygen atoms in total. The summed E-state index contributed by atoms with van der Waals surface area (Å²) in [6, 6.07) is 51.9. The van der Waals surface area contributed by atoms with Crippen LogP contribution in [0.15, 0.2) is 140 Å². The van der Waals surface area contributed by atoms with Crippen molar-refractivity contribution in [2.45, 2.75) is 13.8 Å². The Morgan fingerprint density at radius 3 is 1.56 bits per heavy atom. The van der Waals surface area contributed by atoms with Crippen molar-refractivity contribution in [2.75, 3.05) is 0 Å². The Bertz CT molecular complexity index is 2490. The van der Waals surface area contributed by atoms with Gasteiger partial charge in [-0.1, -0.05) is 121 Å². The number of rotatable bonds is 3. The number of benzene rings is 8. The summed E-state index contributed by atoms with van der Waals surface area (Å²) in [4.78, 5) is 0. The Morgan fingerprint density at radius 1 is 0.395 bits per heavy atom. The minimum atomic E-state index is 1.18. The molecule has 8 aromatic carbocycles. The molecule has 1 aromatic heterocycles. The number of para-hydroxylation sites is 1. The maximum Gasteiger partial charge on any atom is 0.0543 e. The molecule has 1 heterocycles. The number of fused-ring (bicyclic) bond motifs is 3. The summed E-state index contributed by atoms with van der Waals surface area (Å²) < 4.78 is 2.40. The van der Waals surface area contributed by atoms with Crippen LogP contribution in [0.4, 0.5) is 0 Å². The van der Waals surface area contributed by atoms with Gasteiger partial charge in [-0.15, -0.1) is 0 Å². The molecule has 0 amide bonds. The van der Waals surface area contributed by atoms with E-state index in [1.807, 2.05) is 0 Å². The molecular formula is C42H29N. The number of aryl methyl sites for hydroxylation is 2. The van der Waals surface area contributed by atoms with E-state index in [2.05, 4.69) is 158 Å². The predicted molar refractivity (Wildman–Crippen MR) is 185 cm³/mol. The molecule has 1 heteroatoms. The molecule has 0 spiro atoms. The lowest BCUT2D eigenvalue weighted by Crippen LogP contribution is -1.94.